The van der Waals surface area contributed by atoms with E-state index in [1.165, 1.54) is 6.07 Å². The van der Waals surface area contributed by atoms with Gasteiger partial charge in [0.25, 0.3) is 0 Å². The lowest BCUT2D eigenvalue weighted by molar-refractivity contribution is -0.137. The summed E-state index contributed by atoms with van der Waals surface area (Å²) in [6.45, 7) is 4.95. The smallest absolute Gasteiger partial charge is 0.307 e. The van der Waals surface area contributed by atoms with Gasteiger partial charge in [-0.3, -0.25) is 0 Å². The summed E-state index contributed by atoms with van der Waals surface area (Å²) in [5, 5.41) is 13.9. The number of alkyl halides is 9. The fourth-order valence-corrected chi connectivity index (χ4v) is 9.30. The Morgan fingerprint density at radius 2 is 1.33 bits per heavy atom. The van der Waals surface area contributed by atoms with Crippen LogP contribution in [0.25, 0.3) is 78.2 Å². The van der Waals surface area contributed by atoms with E-state index >= 15 is 0 Å². The molecule has 334 valence electrons. The number of hydrogen-bond donors (Lipinski definition) is 0. The molecule has 0 fully saturated rings. The summed E-state index contributed by atoms with van der Waals surface area (Å²) in [5.74, 6) is 0.946. The molecule has 67 heavy (non-hydrogen) atoms. The van der Waals surface area contributed by atoms with Crippen LogP contribution in [-0.4, -0.2) is 36.4 Å². The quantitative estimate of drug-likeness (QED) is 0.165. The first-order chi connectivity index (χ1) is 31.8. The highest BCUT2D eigenvalue weighted by molar-refractivity contribution is 6.10. The Bertz CT molecular complexity index is 3680. The van der Waals surface area contributed by atoms with Crippen molar-refractivity contribution in [1.29, 1.82) is 5.26 Å². The van der Waals surface area contributed by atoms with Crippen molar-refractivity contribution >= 4 is 44.4 Å². The van der Waals surface area contributed by atoms with Gasteiger partial charge in [-0.05, 0) is 121 Å². The van der Waals surface area contributed by atoms with Crippen LogP contribution in [-0.2, 0) is 12.6 Å². The molecule has 0 unspecified atom stereocenters. The van der Waals surface area contributed by atoms with Crippen molar-refractivity contribution in [3.8, 4) is 40.0 Å². The topological polar surface area (TPSA) is 72.3 Å². The average molecular weight is 913 g/mol. The van der Waals surface area contributed by atoms with Crippen LogP contribution >= 0.6 is 0 Å². The van der Waals surface area contributed by atoms with Gasteiger partial charge in [-0.15, -0.1) is 0 Å². The number of aryl methyl sites for hydroxylation is 3. The molecule has 2 aliphatic carbocycles. The number of aromatic nitrogens is 5. The Kier molecular flexibility index (Phi) is 9.95. The summed E-state index contributed by atoms with van der Waals surface area (Å²) in [5.41, 5.74) is 1.29. The van der Waals surface area contributed by atoms with Crippen LogP contribution in [0.15, 0.2) is 126 Å². The summed E-state index contributed by atoms with van der Waals surface area (Å²) in [6, 6.07) is 27.2. The number of benzene rings is 5. The fraction of sp³-hybridized carbons (Fsp3) is 0.154. The molecule has 0 N–H and O–H groups in total. The molecule has 0 amide bonds. The van der Waals surface area contributed by atoms with E-state index in [0.717, 1.165) is 34.5 Å². The summed E-state index contributed by atoms with van der Waals surface area (Å²) in [7, 11) is 0. The molecule has 10 rings (SSSR count). The minimum atomic E-state index is -5.06. The van der Waals surface area contributed by atoms with E-state index in [4.69, 9.17) is 0 Å². The molecule has 0 atom stereocenters. The molecular weight excluding hydrogens is 880 g/mol. The first-order valence-corrected chi connectivity index (χ1v) is 20.9. The minimum Gasteiger partial charge on any atom is -0.307 e. The monoisotopic (exact) mass is 912 g/mol. The summed E-state index contributed by atoms with van der Waals surface area (Å²) < 4.78 is 131. The second kappa shape index (κ2) is 15.4. The minimum absolute atomic E-state index is 0.130. The number of halogens is 9. The van der Waals surface area contributed by atoms with E-state index in [9.17, 15) is 44.8 Å². The molecule has 0 bridgehead atoms. The van der Waals surface area contributed by atoms with E-state index in [2.05, 4.69) is 21.0 Å². The first kappa shape index (κ1) is 43.2. The van der Waals surface area contributed by atoms with Crippen molar-refractivity contribution in [2.24, 2.45) is 0 Å². The molecule has 0 saturated heterocycles. The van der Waals surface area contributed by atoms with E-state index < -0.39 is 41.7 Å². The lowest BCUT2D eigenvalue weighted by Crippen LogP contribution is -2.22. The van der Waals surface area contributed by atoms with E-state index in [-0.39, 0.29) is 28.3 Å². The van der Waals surface area contributed by atoms with Crippen molar-refractivity contribution in [2.75, 3.05) is 0 Å². The van der Waals surface area contributed by atoms with Gasteiger partial charge in [0.15, 0.2) is 5.82 Å². The summed E-state index contributed by atoms with van der Waals surface area (Å²) in [6.07, 6.45) is -8.53. The van der Waals surface area contributed by atoms with Gasteiger partial charge in [-0.25, -0.2) is 15.0 Å². The second-order valence-corrected chi connectivity index (χ2v) is 16.6. The van der Waals surface area contributed by atoms with Gasteiger partial charge in [-0.1, -0.05) is 60.7 Å². The van der Waals surface area contributed by atoms with Crippen LogP contribution in [0, 0.1) is 32.1 Å². The van der Waals surface area contributed by atoms with E-state index in [1.807, 2.05) is 57.7 Å². The Morgan fingerprint density at radius 1 is 0.627 bits per heavy atom. The normalized spacial score (nSPS) is 15.1. The van der Waals surface area contributed by atoms with Gasteiger partial charge in [0.1, 0.15) is 11.6 Å². The standard InChI is InChI=1S/C52H33F9N6/c1-27-16-32(18-35(17-27)50(53,54)55)30-12-14-40-38-8-4-6-10-43(38)66(45(40)21-30)47-23-34(26-62)42(49-64-28(2)63-29(3)65-49)25-48(47)67-44-11-7-5-9-39(44)41-15-13-31(22-46(41)67)33-19-36(51(56,57)58)24-37(20-33)52(59,60)61/h4-8,10-19,21-25H,9,20H2,1-3H3. The van der Waals surface area contributed by atoms with Gasteiger partial charge in [0.05, 0.1) is 56.0 Å². The predicted octanol–water partition coefficient (Wildman–Crippen LogP) is 12.5. The Morgan fingerprint density at radius 3 is 2.04 bits per heavy atom. The number of fused-ring (bicyclic) bond motifs is 6. The zero-order valence-corrected chi connectivity index (χ0v) is 35.5. The van der Waals surface area contributed by atoms with Crippen LogP contribution in [0.3, 0.4) is 0 Å². The molecule has 0 spiro atoms. The molecule has 3 heterocycles. The first-order valence-electron chi connectivity index (χ1n) is 20.9. The summed E-state index contributed by atoms with van der Waals surface area (Å²) >= 11 is 0. The van der Waals surface area contributed by atoms with Crippen molar-refractivity contribution in [3.05, 3.63) is 171 Å². The number of nitrogens with zero attached hydrogens (tertiary/aromatic N) is 6. The van der Waals surface area contributed by atoms with Gasteiger partial charge >= 0.3 is 18.5 Å². The highest BCUT2D eigenvalue weighted by atomic mass is 19.4. The molecule has 3 aromatic heterocycles. The van der Waals surface area contributed by atoms with Crippen molar-refractivity contribution in [3.63, 3.8) is 0 Å². The van der Waals surface area contributed by atoms with Crippen LogP contribution in [0.5, 0.6) is 0 Å². The predicted molar refractivity (Wildman–Crippen MR) is 239 cm³/mol. The van der Waals surface area contributed by atoms with Crippen LogP contribution < -0.4 is 10.6 Å². The second-order valence-electron chi connectivity index (χ2n) is 16.6. The Labute approximate surface area is 375 Å². The van der Waals surface area contributed by atoms with Crippen molar-refractivity contribution in [1.82, 2.24) is 24.1 Å². The number of allylic oxidation sites excluding steroid dienone is 6. The third kappa shape index (κ3) is 7.56. The maximum absolute atomic E-state index is 14.2. The number of rotatable bonds is 4. The molecule has 2 aliphatic rings. The Hall–Kier alpha value is -7.73. The lowest BCUT2D eigenvalue weighted by atomic mass is 9.92. The Balaban J connectivity index is 1.34. The number of nitriles is 1. The SMILES string of the molecule is Cc1cc(-c2ccc3c4ccccc4n(-c4cc(C#N)c(-c5nc(C)nc(C)n5)cc4-n4c5c(c6ccc(=C7C=C(C(F)(F)F)C=C(C(F)(F)F)C7)cc64)CC=CC=5)c3c2)cc(C(F)(F)F)c1. The zero-order chi connectivity index (χ0) is 47.3. The van der Waals surface area contributed by atoms with E-state index in [0.29, 0.717) is 79.0 Å². The lowest BCUT2D eigenvalue weighted by Gasteiger charge is -2.20. The maximum Gasteiger partial charge on any atom is 0.416 e. The van der Waals surface area contributed by atoms with Crippen molar-refractivity contribution < 1.29 is 39.5 Å². The molecule has 0 radical (unpaired) electrons. The van der Waals surface area contributed by atoms with E-state index in [1.54, 1.807) is 63.2 Å². The van der Waals surface area contributed by atoms with Crippen LogP contribution in [0.4, 0.5) is 39.5 Å². The van der Waals surface area contributed by atoms with Gasteiger partial charge in [0.2, 0.25) is 0 Å². The highest BCUT2D eigenvalue weighted by Gasteiger charge is 2.41. The molecule has 8 aromatic rings. The van der Waals surface area contributed by atoms with Crippen LogP contribution in [0.1, 0.15) is 40.3 Å². The van der Waals surface area contributed by atoms with Gasteiger partial charge in [0, 0.05) is 33.7 Å². The van der Waals surface area contributed by atoms with Gasteiger partial charge < -0.3 is 9.13 Å². The third-order valence-electron chi connectivity index (χ3n) is 12.2. The largest absolute Gasteiger partial charge is 0.416 e. The molecule has 5 aromatic carbocycles. The summed E-state index contributed by atoms with van der Waals surface area (Å²) in [4.78, 5) is 13.5. The third-order valence-corrected chi connectivity index (χ3v) is 12.2. The molecular formula is C52H33F9N6. The number of hydrogen-bond acceptors (Lipinski definition) is 4. The highest BCUT2D eigenvalue weighted by Crippen LogP contribution is 2.42. The molecule has 0 saturated carbocycles. The maximum atomic E-state index is 14.2. The average Bonchev–Trinajstić information content (AvgIpc) is 3.79. The van der Waals surface area contributed by atoms with Crippen molar-refractivity contribution in [2.45, 2.75) is 52.1 Å². The molecule has 6 nitrogen and oxygen atoms in total. The van der Waals surface area contributed by atoms with Gasteiger partial charge in [-0.2, -0.15) is 44.8 Å². The molecule has 15 heteroatoms. The number of para-hydroxylation sites is 1. The zero-order valence-electron chi connectivity index (χ0n) is 35.5. The fourth-order valence-electron chi connectivity index (χ4n) is 9.30. The molecule has 0 aliphatic heterocycles. The van der Waals surface area contributed by atoms with Crippen LogP contribution in [0.2, 0.25) is 0 Å².